The molecule has 1 aliphatic rings. The summed E-state index contributed by atoms with van der Waals surface area (Å²) < 4.78 is 1.75. The highest BCUT2D eigenvalue weighted by molar-refractivity contribution is 7.99. The number of nitrogens with one attached hydrogen (secondary N) is 1. The molecule has 0 spiro atoms. The molecule has 9 heteroatoms. The third kappa shape index (κ3) is 2.64. The summed E-state index contributed by atoms with van der Waals surface area (Å²) in [4.78, 5) is 27.0. The molecule has 1 N–H and O–H groups in total. The van der Waals surface area contributed by atoms with Crippen LogP contribution in [0, 0.1) is 28.4 Å². The Kier molecular flexibility index (Phi) is 3.75. The lowest BCUT2D eigenvalue weighted by molar-refractivity contribution is -0.384. The second kappa shape index (κ2) is 5.73. The summed E-state index contributed by atoms with van der Waals surface area (Å²) in [5.41, 5.74) is 0.919. The van der Waals surface area contributed by atoms with E-state index in [0.717, 1.165) is 5.75 Å². The van der Waals surface area contributed by atoms with E-state index < -0.39 is 10.8 Å². The van der Waals surface area contributed by atoms with E-state index in [1.165, 1.54) is 30.0 Å². The van der Waals surface area contributed by atoms with Gasteiger partial charge in [-0.15, -0.1) is 0 Å². The largest absolute Gasteiger partial charge is 0.308 e. The molecular weight excluding hydrogens is 318 g/mol. The zero-order valence-electron chi connectivity index (χ0n) is 12.1. The summed E-state index contributed by atoms with van der Waals surface area (Å²) in [6.07, 6.45) is 0. The second-order valence-electron chi connectivity index (χ2n) is 4.91. The normalized spacial score (nSPS) is 12.5. The fraction of sp³-hybridized carbons (Fsp3) is 0.214. The van der Waals surface area contributed by atoms with Gasteiger partial charge in [-0.2, -0.15) is 5.26 Å². The van der Waals surface area contributed by atoms with E-state index in [9.17, 15) is 20.2 Å². The summed E-state index contributed by atoms with van der Waals surface area (Å²) in [6.45, 7) is 2.36. The second-order valence-corrected chi connectivity index (χ2v) is 5.98. The highest BCUT2D eigenvalue weighted by Gasteiger charge is 2.24. The van der Waals surface area contributed by atoms with Crippen LogP contribution >= 0.6 is 11.8 Å². The van der Waals surface area contributed by atoms with Crippen molar-refractivity contribution in [2.75, 3.05) is 11.1 Å². The smallest absolute Gasteiger partial charge is 0.270 e. The van der Waals surface area contributed by atoms with Gasteiger partial charge in [0.1, 0.15) is 6.07 Å². The minimum atomic E-state index is -0.557. The van der Waals surface area contributed by atoms with E-state index in [2.05, 4.69) is 10.3 Å². The van der Waals surface area contributed by atoms with Crippen molar-refractivity contribution in [3.8, 4) is 6.07 Å². The molecule has 0 saturated heterocycles. The molecule has 0 saturated carbocycles. The van der Waals surface area contributed by atoms with E-state index in [4.69, 9.17) is 0 Å². The van der Waals surface area contributed by atoms with Crippen LogP contribution in [0.3, 0.4) is 0 Å². The molecule has 23 heavy (non-hydrogen) atoms. The number of benzene rings is 1. The molecule has 0 radical (unpaired) electrons. The first-order chi connectivity index (χ1) is 11.0. The number of nitriles is 1. The molecule has 2 aromatic rings. The average molecular weight is 329 g/mol. The maximum atomic E-state index is 12.4. The Balaban J connectivity index is 1.93. The Hall–Kier alpha value is -2.86. The number of fused-ring (bicyclic) bond motifs is 1. The van der Waals surface area contributed by atoms with Crippen LogP contribution in [0.25, 0.3) is 0 Å². The summed E-state index contributed by atoms with van der Waals surface area (Å²) in [5.74, 6) is 0.505. The zero-order chi connectivity index (χ0) is 16.6. The van der Waals surface area contributed by atoms with Crippen molar-refractivity contribution in [1.29, 1.82) is 5.26 Å². The highest BCUT2D eigenvalue weighted by atomic mass is 32.2. The quantitative estimate of drug-likeness (QED) is 0.683. The molecule has 2 heterocycles. The van der Waals surface area contributed by atoms with Gasteiger partial charge in [0.25, 0.3) is 11.6 Å². The number of nitro groups is 1. The lowest BCUT2D eigenvalue weighted by Crippen LogP contribution is -2.15. The van der Waals surface area contributed by atoms with Gasteiger partial charge < -0.3 is 9.88 Å². The fourth-order valence-corrected chi connectivity index (χ4v) is 3.27. The van der Waals surface area contributed by atoms with Crippen LogP contribution in [0.4, 0.5) is 11.5 Å². The van der Waals surface area contributed by atoms with Crippen LogP contribution in [0.5, 0.6) is 0 Å². The number of nitrogens with zero attached hydrogens (tertiary/aromatic N) is 4. The number of thioether (sulfide) groups is 1. The van der Waals surface area contributed by atoms with E-state index in [1.54, 1.807) is 11.5 Å². The lowest BCUT2D eigenvalue weighted by atomic mass is 10.1. The van der Waals surface area contributed by atoms with Crippen molar-refractivity contribution in [2.24, 2.45) is 0 Å². The maximum absolute atomic E-state index is 12.4. The molecule has 0 bridgehead atoms. The number of aryl methyl sites for hydroxylation is 1. The first-order valence-electron chi connectivity index (χ1n) is 6.71. The van der Waals surface area contributed by atoms with Crippen LogP contribution in [0.15, 0.2) is 23.4 Å². The molecule has 116 valence electrons. The number of aromatic nitrogens is 2. The molecule has 1 aromatic heterocycles. The third-order valence-corrected chi connectivity index (χ3v) is 4.45. The van der Waals surface area contributed by atoms with Crippen LogP contribution < -0.4 is 5.32 Å². The van der Waals surface area contributed by atoms with Crippen molar-refractivity contribution in [2.45, 2.75) is 18.6 Å². The predicted octanol–water partition coefficient (Wildman–Crippen LogP) is 2.33. The topological polar surface area (TPSA) is 114 Å². The van der Waals surface area contributed by atoms with Crippen LogP contribution in [0.1, 0.15) is 21.6 Å². The predicted molar refractivity (Wildman–Crippen MR) is 83.5 cm³/mol. The Labute approximate surface area is 135 Å². The van der Waals surface area contributed by atoms with E-state index in [0.29, 0.717) is 23.0 Å². The maximum Gasteiger partial charge on any atom is 0.270 e. The number of hydrogen-bond acceptors (Lipinski definition) is 6. The van der Waals surface area contributed by atoms with E-state index in [-0.39, 0.29) is 17.1 Å². The Morgan fingerprint density at radius 1 is 1.57 bits per heavy atom. The van der Waals surface area contributed by atoms with Gasteiger partial charge in [-0.05, 0) is 12.5 Å². The SMILES string of the molecule is Cc1ccc([N+](=O)[O-])cc1C(=O)Nc1nc2n(c1C#N)CCS2. The molecule has 0 fully saturated rings. The fourth-order valence-electron chi connectivity index (χ4n) is 2.32. The minimum absolute atomic E-state index is 0.163. The van der Waals surface area contributed by atoms with Crippen molar-refractivity contribution >= 4 is 29.2 Å². The van der Waals surface area contributed by atoms with Gasteiger partial charge >= 0.3 is 0 Å². The standard InChI is InChI=1S/C14H11N5O3S/c1-8-2-3-9(19(21)22)6-10(8)13(20)16-12-11(7-15)18-4-5-23-14(18)17-12/h2-3,6H,4-5H2,1H3,(H,16,20). The van der Waals surface area contributed by atoms with Gasteiger partial charge in [0.15, 0.2) is 16.7 Å². The van der Waals surface area contributed by atoms with Crippen molar-refractivity contribution in [1.82, 2.24) is 9.55 Å². The van der Waals surface area contributed by atoms with Gasteiger partial charge in [-0.1, -0.05) is 17.8 Å². The number of nitro benzene ring substituents is 1. The zero-order valence-corrected chi connectivity index (χ0v) is 12.9. The van der Waals surface area contributed by atoms with Crippen LogP contribution in [-0.2, 0) is 6.54 Å². The first kappa shape index (κ1) is 15.1. The summed E-state index contributed by atoms with van der Waals surface area (Å²) in [6, 6.07) is 6.12. The molecule has 1 amide bonds. The molecule has 3 rings (SSSR count). The monoisotopic (exact) mass is 329 g/mol. The third-order valence-electron chi connectivity index (χ3n) is 3.49. The number of rotatable bonds is 3. The molecule has 8 nitrogen and oxygen atoms in total. The Bertz CT molecular complexity index is 868. The number of hydrogen-bond donors (Lipinski definition) is 1. The van der Waals surface area contributed by atoms with Crippen LogP contribution in [-0.4, -0.2) is 26.1 Å². The van der Waals surface area contributed by atoms with Crippen molar-refractivity contribution in [3.63, 3.8) is 0 Å². The first-order valence-corrected chi connectivity index (χ1v) is 7.69. The van der Waals surface area contributed by atoms with E-state index >= 15 is 0 Å². The molecule has 0 atom stereocenters. The molecule has 1 aromatic carbocycles. The molecule has 1 aliphatic heterocycles. The lowest BCUT2D eigenvalue weighted by Gasteiger charge is -2.06. The summed E-state index contributed by atoms with van der Waals surface area (Å²) >= 11 is 1.51. The van der Waals surface area contributed by atoms with Crippen LogP contribution in [0.2, 0.25) is 0 Å². The van der Waals surface area contributed by atoms with Gasteiger partial charge in [-0.25, -0.2) is 4.98 Å². The molecular formula is C14H11N5O3S. The van der Waals surface area contributed by atoms with E-state index in [1.807, 2.05) is 6.07 Å². The number of carbonyl (C=O) groups excluding carboxylic acids is 1. The number of anilines is 1. The van der Waals surface area contributed by atoms with Gasteiger partial charge in [-0.3, -0.25) is 14.9 Å². The molecule has 0 unspecified atom stereocenters. The highest BCUT2D eigenvalue weighted by Crippen LogP contribution is 2.30. The van der Waals surface area contributed by atoms with Crippen molar-refractivity contribution < 1.29 is 9.72 Å². The summed E-state index contributed by atoms with van der Waals surface area (Å²) in [5, 5.41) is 23.4. The Morgan fingerprint density at radius 2 is 2.35 bits per heavy atom. The number of amides is 1. The van der Waals surface area contributed by atoms with Gasteiger partial charge in [0, 0.05) is 30.0 Å². The minimum Gasteiger partial charge on any atom is -0.308 e. The number of carbonyl (C=O) groups is 1. The summed E-state index contributed by atoms with van der Waals surface area (Å²) in [7, 11) is 0. The number of imidazole rings is 1. The van der Waals surface area contributed by atoms with Crippen molar-refractivity contribution in [3.05, 3.63) is 45.1 Å². The average Bonchev–Trinajstić information content (AvgIpc) is 3.07. The molecule has 0 aliphatic carbocycles. The van der Waals surface area contributed by atoms with Gasteiger partial charge in [0.05, 0.1) is 4.92 Å². The Morgan fingerprint density at radius 3 is 3.04 bits per heavy atom. The number of non-ortho nitro benzene ring substituents is 1. The van der Waals surface area contributed by atoms with Gasteiger partial charge in [0.2, 0.25) is 0 Å².